The summed E-state index contributed by atoms with van der Waals surface area (Å²) in [6.45, 7) is 17.7. The molecule has 0 unspecified atom stereocenters. The average molecular weight is 663 g/mol. The highest BCUT2D eigenvalue weighted by atomic mass is 19.4. The van der Waals surface area contributed by atoms with E-state index in [0.717, 1.165) is 64.0 Å². The van der Waals surface area contributed by atoms with Crippen LogP contribution in [0.2, 0.25) is 0 Å². The number of hydrogen-bond donors (Lipinski definition) is 1. The van der Waals surface area contributed by atoms with Crippen LogP contribution >= 0.6 is 0 Å². The van der Waals surface area contributed by atoms with E-state index in [1.807, 2.05) is 0 Å². The topological polar surface area (TPSA) is 79.3 Å². The van der Waals surface area contributed by atoms with Crippen molar-refractivity contribution in [1.82, 2.24) is 9.80 Å². The monoisotopic (exact) mass is 662 g/mol. The Balaban J connectivity index is 0.000000960. The van der Waals surface area contributed by atoms with E-state index in [0.29, 0.717) is 23.7 Å². The van der Waals surface area contributed by atoms with Crippen LogP contribution in [0.1, 0.15) is 53.4 Å². The number of amides is 1. The van der Waals surface area contributed by atoms with Crippen LogP contribution in [0.3, 0.4) is 0 Å². The number of aliphatic carboxylic acids is 1. The molecule has 1 amide bonds. The van der Waals surface area contributed by atoms with Crippen molar-refractivity contribution >= 4 is 12.1 Å². The molecule has 0 atom stereocenters. The molecule has 1 aromatic carbocycles. The van der Waals surface area contributed by atoms with E-state index in [1.165, 1.54) is 12.7 Å². The second-order valence-corrected chi connectivity index (χ2v) is 10.3. The molecule has 1 N–H and O–H groups in total. The molecule has 2 rings (SSSR count). The number of alkyl halides is 3. The number of nitrogens with zero attached hydrogens (tertiary/aromatic N) is 2. The van der Waals surface area contributed by atoms with Crippen molar-refractivity contribution in [2.24, 2.45) is 5.92 Å². The van der Waals surface area contributed by atoms with Gasteiger partial charge in [0.2, 0.25) is 0 Å². The lowest BCUT2D eigenvalue weighted by Gasteiger charge is -2.34. The average Bonchev–Trinajstić information content (AvgIpc) is 2.98. The maximum Gasteiger partial charge on any atom is 0.572 e. The summed E-state index contributed by atoms with van der Waals surface area (Å²) in [7, 11) is 1.36. The van der Waals surface area contributed by atoms with Gasteiger partial charge < -0.3 is 14.6 Å². The van der Waals surface area contributed by atoms with Gasteiger partial charge in [0.15, 0.2) is 17.5 Å². The molecule has 1 aliphatic rings. The lowest BCUT2D eigenvalue weighted by Crippen LogP contribution is -2.40. The van der Waals surface area contributed by atoms with Crippen LogP contribution in [0.25, 0.3) is 0 Å². The zero-order valence-corrected chi connectivity index (χ0v) is 26.9. The van der Waals surface area contributed by atoms with Crippen LogP contribution in [0, 0.1) is 23.4 Å². The maximum absolute atomic E-state index is 12.3. The summed E-state index contributed by atoms with van der Waals surface area (Å²) in [5.41, 5.74) is 2.58. The summed E-state index contributed by atoms with van der Waals surface area (Å²) < 4.78 is 77.2. The van der Waals surface area contributed by atoms with E-state index < -0.39 is 35.9 Å². The highest BCUT2D eigenvalue weighted by molar-refractivity contribution is 5.72. The molecule has 1 aromatic rings. The normalized spacial score (nSPS) is 14.4. The predicted molar refractivity (Wildman–Crippen MR) is 165 cm³/mol. The molecule has 7 nitrogen and oxygen atoms in total. The van der Waals surface area contributed by atoms with Crippen LogP contribution < -0.4 is 0 Å². The van der Waals surface area contributed by atoms with Gasteiger partial charge in [0.05, 0.1) is 19.3 Å². The van der Waals surface area contributed by atoms with E-state index in [2.05, 4.69) is 42.7 Å². The van der Waals surface area contributed by atoms with Gasteiger partial charge in [-0.15, -0.1) is 13.2 Å². The first kappa shape index (κ1) is 42.0. The maximum atomic E-state index is 12.3. The zero-order valence-electron chi connectivity index (χ0n) is 26.9. The number of piperidine rings is 1. The number of benzene rings is 1. The van der Waals surface area contributed by atoms with Crippen molar-refractivity contribution in [2.45, 2.75) is 59.7 Å². The molecular formula is C33H44F6N2O5. The number of carbonyl (C=O) groups excluding carboxylic acids is 1. The number of carboxylic acid groups (broad SMARTS) is 1. The SMILES string of the molecule is C=C(/C=C\C(=C/C)CC(=O)O)N(CC1CCN(C/C=C(\C)CC)CC1)C(=O)OC.C=C(C)OC(F)(F)F.Fc1cccc(F)c1F. The Morgan fingerprint density at radius 3 is 2.04 bits per heavy atom. The summed E-state index contributed by atoms with van der Waals surface area (Å²) in [6.07, 6.45) is 5.44. The van der Waals surface area contributed by atoms with E-state index in [4.69, 9.17) is 9.84 Å². The molecule has 1 aliphatic heterocycles. The Morgan fingerprint density at radius 2 is 1.65 bits per heavy atom. The summed E-state index contributed by atoms with van der Waals surface area (Å²) in [4.78, 5) is 27.2. The second-order valence-electron chi connectivity index (χ2n) is 10.3. The number of halogens is 6. The summed E-state index contributed by atoms with van der Waals surface area (Å²) in [5, 5.41) is 8.95. The van der Waals surface area contributed by atoms with Crippen LogP contribution in [-0.4, -0.2) is 66.6 Å². The van der Waals surface area contributed by atoms with Gasteiger partial charge in [-0.25, -0.2) is 18.0 Å². The standard InChI is InChI=1S/C23H36N2O4.C6H3F3.C4H5F3O/c1-6-18(3)10-13-24-14-11-21(12-15-24)17-25(23(28)29-5)19(4)8-9-20(7-2)16-22(26)27;7-4-2-1-3-5(8)6(4)9;1-3(2)8-4(5,6)7/h7-10,21H,4,6,11-17H2,1-3,5H3,(H,26,27);1-3H;1H2,2H3/b9-8-,18-10+,20-7+;;. The van der Waals surface area contributed by atoms with E-state index in [-0.39, 0.29) is 12.2 Å². The number of hydrogen-bond acceptors (Lipinski definition) is 5. The first-order valence-electron chi connectivity index (χ1n) is 14.4. The number of methoxy groups -OCH3 is 1. The third-order valence-electron chi connectivity index (χ3n) is 6.56. The number of carboxylic acids is 1. The molecule has 0 bridgehead atoms. The van der Waals surface area contributed by atoms with Gasteiger partial charge in [-0.1, -0.05) is 49.9 Å². The van der Waals surface area contributed by atoms with Crippen molar-refractivity contribution < 1.29 is 50.5 Å². The number of ether oxygens (including phenoxy) is 2. The summed E-state index contributed by atoms with van der Waals surface area (Å²) in [5.74, 6) is -4.60. The summed E-state index contributed by atoms with van der Waals surface area (Å²) >= 11 is 0. The molecule has 0 radical (unpaired) electrons. The fourth-order valence-corrected chi connectivity index (χ4v) is 3.86. The Labute approximate surface area is 267 Å². The van der Waals surface area contributed by atoms with Crippen molar-refractivity contribution in [1.29, 1.82) is 0 Å². The first-order valence-corrected chi connectivity index (χ1v) is 14.4. The smallest absolute Gasteiger partial charge is 0.481 e. The predicted octanol–water partition coefficient (Wildman–Crippen LogP) is 8.77. The highest BCUT2D eigenvalue weighted by Crippen LogP contribution is 2.22. The van der Waals surface area contributed by atoms with E-state index >= 15 is 0 Å². The third kappa shape index (κ3) is 18.7. The molecule has 0 spiro atoms. The molecule has 46 heavy (non-hydrogen) atoms. The Morgan fingerprint density at radius 1 is 1.09 bits per heavy atom. The quantitative estimate of drug-likeness (QED) is 0.0839. The molecule has 1 heterocycles. The number of allylic oxidation sites excluding steroid dienone is 5. The van der Waals surface area contributed by atoms with E-state index in [1.54, 1.807) is 30.1 Å². The first-order chi connectivity index (χ1) is 21.4. The number of carbonyl (C=O) groups is 2. The van der Waals surface area contributed by atoms with Crippen molar-refractivity contribution in [3.05, 3.63) is 95.7 Å². The molecule has 1 fully saturated rings. The van der Waals surface area contributed by atoms with Gasteiger partial charge in [0.1, 0.15) is 0 Å². The largest absolute Gasteiger partial charge is 0.572 e. The van der Waals surface area contributed by atoms with Crippen LogP contribution in [0.5, 0.6) is 0 Å². The fraction of sp³-hybridized carbons (Fsp3) is 0.455. The molecular weight excluding hydrogens is 618 g/mol. The van der Waals surface area contributed by atoms with Crippen molar-refractivity contribution in [3.8, 4) is 0 Å². The lowest BCUT2D eigenvalue weighted by molar-refractivity contribution is -0.304. The van der Waals surface area contributed by atoms with Crippen LogP contribution in [0.15, 0.2) is 78.3 Å². The van der Waals surface area contributed by atoms with Gasteiger partial charge in [0.25, 0.3) is 0 Å². The van der Waals surface area contributed by atoms with Crippen LogP contribution in [-0.2, 0) is 14.3 Å². The molecule has 258 valence electrons. The lowest BCUT2D eigenvalue weighted by atomic mass is 9.96. The molecule has 0 saturated carbocycles. The second kappa shape index (κ2) is 21.7. The zero-order chi connectivity index (χ0) is 35.4. The summed E-state index contributed by atoms with van der Waals surface area (Å²) in [6, 6.07) is 2.82. The number of likely N-dealkylation sites (tertiary alicyclic amines) is 1. The van der Waals surface area contributed by atoms with Gasteiger partial charge in [0, 0.05) is 18.8 Å². The minimum absolute atomic E-state index is 0.0666. The minimum atomic E-state index is -4.58. The minimum Gasteiger partial charge on any atom is -0.481 e. The molecule has 0 aliphatic carbocycles. The van der Waals surface area contributed by atoms with Gasteiger partial charge in [-0.3, -0.25) is 14.6 Å². The Kier molecular flexibility index (Phi) is 19.8. The molecule has 1 saturated heterocycles. The van der Waals surface area contributed by atoms with Gasteiger partial charge in [-0.2, -0.15) is 0 Å². The van der Waals surface area contributed by atoms with Gasteiger partial charge >= 0.3 is 18.4 Å². The van der Waals surface area contributed by atoms with Crippen molar-refractivity contribution in [3.63, 3.8) is 0 Å². The Hall–Kier alpha value is -4.00. The fourth-order valence-electron chi connectivity index (χ4n) is 3.86. The van der Waals surface area contributed by atoms with Crippen molar-refractivity contribution in [2.75, 3.05) is 33.3 Å². The van der Waals surface area contributed by atoms with E-state index in [9.17, 15) is 35.9 Å². The van der Waals surface area contributed by atoms with Gasteiger partial charge in [-0.05, 0) is 82.8 Å². The molecule has 13 heteroatoms. The number of rotatable bonds is 11. The highest BCUT2D eigenvalue weighted by Gasteiger charge is 2.30. The molecule has 0 aromatic heterocycles. The Bertz CT molecular complexity index is 1220. The van der Waals surface area contributed by atoms with Crippen LogP contribution in [0.4, 0.5) is 31.1 Å². The third-order valence-corrected chi connectivity index (χ3v) is 6.56.